The molecule has 1 saturated heterocycles. The summed E-state index contributed by atoms with van der Waals surface area (Å²) in [4.78, 5) is 52.5. The highest BCUT2D eigenvalue weighted by Crippen LogP contribution is 2.44. The van der Waals surface area contributed by atoms with Gasteiger partial charge in [-0.3, -0.25) is 19.3 Å². The standard InChI is InChI=1S/C38H43NO6/c1-26-18-20-28(21-19-26)24-45-38(43)39-22-10-16-35(39)36(41)17-5-3-4-11-29(27(2)40)23-37(42)44-25-34-32-14-8-6-12-30(32)31-13-7-9-15-33(31)34/h6-9,12-15,18-21,29,34-35H,3-5,10-11,16-17,22-25H2,1-2H3/t29-,35+/m1/s1. The van der Waals surface area contributed by atoms with E-state index in [0.29, 0.717) is 32.2 Å². The van der Waals surface area contributed by atoms with Gasteiger partial charge in [0.25, 0.3) is 0 Å². The first kappa shape index (κ1) is 32.1. The number of benzene rings is 3. The SMILES string of the molecule is CC(=O)[C@H](CCCCCC(=O)[C@@H]1CCCN1C(=O)OCc1ccc(C)cc1)CC(=O)OCC1c2ccccc2-c2ccccc21. The number of Topliss-reactive ketones (excluding diaryl/α,β-unsaturated/α-hetero) is 2. The molecule has 1 heterocycles. The predicted molar refractivity (Wildman–Crippen MR) is 173 cm³/mol. The van der Waals surface area contributed by atoms with E-state index in [9.17, 15) is 19.2 Å². The average molecular weight is 610 g/mol. The Balaban J connectivity index is 1.02. The fourth-order valence-corrected chi connectivity index (χ4v) is 6.59. The molecule has 2 aliphatic rings. The highest BCUT2D eigenvalue weighted by Gasteiger charge is 2.34. The first-order chi connectivity index (χ1) is 21.8. The molecule has 3 aromatic rings. The maximum absolute atomic E-state index is 13.0. The molecule has 1 aliphatic heterocycles. The van der Waals surface area contributed by atoms with E-state index in [1.807, 2.05) is 55.5 Å². The number of fused-ring (bicyclic) bond motifs is 3. The van der Waals surface area contributed by atoms with Crippen LogP contribution >= 0.6 is 0 Å². The van der Waals surface area contributed by atoms with Crippen LogP contribution in [0.5, 0.6) is 0 Å². The Kier molecular flexibility index (Phi) is 10.8. The minimum absolute atomic E-state index is 0.0134. The second-order valence-corrected chi connectivity index (χ2v) is 12.4. The van der Waals surface area contributed by atoms with Gasteiger partial charge in [-0.05, 0) is 67.3 Å². The molecule has 45 heavy (non-hydrogen) atoms. The topological polar surface area (TPSA) is 90.0 Å². The number of amides is 1. The van der Waals surface area contributed by atoms with E-state index in [4.69, 9.17) is 9.47 Å². The summed E-state index contributed by atoms with van der Waals surface area (Å²) in [6.07, 6.45) is 4.20. The lowest BCUT2D eigenvalue weighted by Crippen LogP contribution is -2.40. The molecule has 0 bridgehead atoms. The van der Waals surface area contributed by atoms with Gasteiger partial charge < -0.3 is 9.47 Å². The van der Waals surface area contributed by atoms with Gasteiger partial charge in [-0.15, -0.1) is 0 Å². The summed E-state index contributed by atoms with van der Waals surface area (Å²) >= 11 is 0. The second-order valence-electron chi connectivity index (χ2n) is 12.4. The fraction of sp³-hybridized carbons (Fsp3) is 0.421. The molecule has 3 aromatic carbocycles. The molecule has 1 amide bonds. The van der Waals surface area contributed by atoms with Crippen molar-refractivity contribution in [1.29, 1.82) is 0 Å². The van der Waals surface area contributed by atoms with Crippen molar-refractivity contribution in [3.63, 3.8) is 0 Å². The molecule has 2 atom stereocenters. The third-order valence-corrected chi connectivity index (χ3v) is 9.18. The summed E-state index contributed by atoms with van der Waals surface area (Å²) in [5, 5.41) is 0. The van der Waals surface area contributed by atoms with Crippen LogP contribution in [0.1, 0.15) is 86.5 Å². The van der Waals surface area contributed by atoms with Crippen LogP contribution < -0.4 is 0 Å². The number of carbonyl (C=O) groups excluding carboxylic acids is 4. The quantitative estimate of drug-likeness (QED) is 0.138. The summed E-state index contributed by atoms with van der Waals surface area (Å²) in [6.45, 7) is 4.49. The number of nitrogens with zero attached hydrogens (tertiary/aromatic N) is 1. The number of likely N-dealkylation sites (tertiary alicyclic amines) is 1. The van der Waals surface area contributed by atoms with E-state index in [0.717, 1.165) is 41.5 Å². The van der Waals surface area contributed by atoms with Crippen molar-refractivity contribution < 1.29 is 28.7 Å². The molecule has 0 unspecified atom stereocenters. The molecule has 0 aromatic heterocycles. The number of unbranched alkanes of at least 4 members (excludes halogenated alkanes) is 2. The Morgan fingerprint density at radius 1 is 0.844 bits per heavy atom. The van der Waals surface area contributed by atoms with Crippen LogP contribution in [0.15, 0.2) is 72.8 Å². The molecular weight excluding hydrogens is 566 g/mol. The number of esters is 1. The van der Waals surface area contributed by atoms with Crippen LogP contribution in [0.4, 0.5) is 4.79 Å². The zero-order chi connectivity index (χ0) is 31.8. The highest BCUT2D eigenvalue weighted by atomic mass is 16.6. The van der Waals surface area contributed by atoms with Gasteiger partial charge in [0.15, 0.2) is 5.78 Å². The number of hydrogen-bond acceptors (Lipinski definition) is 6. The average Bonchev–Trinajstić information content (AvgIpc) is 3.66. The zero-order valence-corrected chi connectivity index (χ0v) is 26.3. The second kappa shape index (κ2) is 15.2. The van der Waals surface area contributed by atoms with Crippen molar-refractivity contribution in [2.75, 3.05) is 13.2 Å². The van der Waals surface area contributed by atoms with Crippen molar-refractivity contribution in [2.24, 2.45) is 5.92 Å². The van der Waals surface area contributed by atoms with Gasteiger partial charge >= 0.3 is 12.1 Å². The number of hydrogen-bond donors (Lipinski definition) is 0. The summed E-state index contributed by atoms with van der Waals surface area (Å²) in [6, 6.07) is 23.8. The normalized spacial score (nSPS) is 16.1. The van der Waals surface area contributed by atoms with Crippen molar-refractivity contribution >= 4 is 23.6 Å². The largest absolute Gasteiger partial charge is 0.465 e. The van der Waals surface area contributed by atoms with Crippen LogP contribution in [-0.4, -0.2) is 47.7 Å². The van der Waals surface area contributed by atoms with E-state index in [1.54, 1.807) is 4.90 Å². The first-order valence-electron chi connectivity index (χ1n) is 16.2. The lowest BCUT2D eigenvalue weighted by atomic mass is 9.93. The molecule has 236 valence electrons. The summed E-state index contributed by atoms with van der Waals surface area (Å²) < 4.78 is 11.2. The maximum Gasteiger partial charge on any atom is 0.410 e. The smallest absolute Gasteiger partial charge is 0.410 e. The molecule has 7 nitrogen and oxygen atoms in total. The number of ketones is 2. The molecule has 1 aliphatic carbocycles. The maximum atomic E-state index is 13.0. The monoisotopic (exact) mass is 609 g/mol. The van der Waals surface area contributed by atoms with E-state index in [-0.39, 0.29) is 43.1 Å². The molecular formula is C38H43NO6. The number of aryl methyl sites for hydroxylation is 1. The molecule has 0 radical (unpaired) electrons. The minimum Gasteiger partial charge on any atom is -0.465 e. The van der Waals surface area contributed by atoms with Gasteiger partial charge in [0, 0.05) is 24.8 Å². The lowest BCUT2D eigenvalue weighted by molar-refractivity contribution is -0.146. The first-order valence-corrected chi connectivity index (χ1v) is 16.2. The Bertz CT molecular complexity index is 1470. The van der Waals surface area contributed by atoms with Crippen LogP contribution in [-0.2, 0) is 30.5 Å². The Morgan fingerprint density at radius 3 is 2.18 bits per heavy atom. The van der Waals surface area contributed by atoms with Crippen LogP contribution in [0.25, 0.3) is 11.1 Å². The van der Waals surface area contributed by atoms with Gasteiger partial charge in [0.1, 0.15) is 19.0 Å². The predicted octanol–water partition coefficient (Wildman–Crippen LogP) is 7.57. The third kappa shape index (κ3) is 8.07. The highest BCUT2D eigenvalue weighted by molar-refractivity contribution is 5.88. The van der Waals surface area contributed by atoms with Gasteiger partial charge in [-0.2, -0.15) is 0 Å². The van der Waals surface area contributed by atoms with Gasteiger partial charge in [-0.1, -0.05) is 91.2 Å². The molecule has 0 saturated carbocycles. The van der Waals surface area contributed by atoms with Crippen molar-refractivity contribution in [1.82, 2.24) is 4.90 Å². The van der Waals surface area contributed by atoms with Gasteiger partial charge in [0.2, 0.25) is 0 Å². The summed E-state index contributed by atoms with van der Waals surface area (Å²) in [5.74, 6) is -0.736. The Morgan fingerprint density at radius 2 is 1.51 bits per heavy atom. The lowest BCUT2D eigenvalue weighted by Gasteiger charge is -2.23. The molecule has 0 N–H and O–H groups in total. The van der Waals surface area contributed by atoms with Crippen LogP contribution in [0.2, 0.25) is 0 Å². The van der Waals surface area contributed by atoms with E-state index < -0.39 is 18.1 Å². The van der Waals surface area contributed by atoms with Crippen molar-refractivity contribution in [3.8, 4) is 11.1 Å². The van der Waals surface area contributed by atoms with E-state index in [1.165, 1.54) is 18.1 Å². The Labute approximate surface area is 265 Å². The molecule has 0 spiro atoms. The summed E-state index contributed by atoms with van der Waals surface area (Å²) in [5.41, 5.74) is 6.72. The zero-order valence-electron chi connectivity index (χ0n) is 26.3. The van der Waals surface area contributed by atoms with Crippen molar-refractivity contribution in [3.05, 3.63) is 95.1 Å². The van der Waals surface area contributed by atoms with Crippen LogP contribution in [0, 0.1) is 12.8 Å². The summed E-state index contributed by atoms with van der Waals surface area (Å²) in [7, 11) is 0. The molecule has 7 heteroatoms. The number of carbonyl (C=O) groups is 4. The Hall–Kier alpha value is -4.26. The van der Waals surface area contributed by atoms with Crippen LogP contribution in [0.3, 0.4) is 0 Å². The fourth-order valence-electron chi connectivity index (χ4n) is 6.59. The van der Waals surface area contributed by atoms with E-state index >= 15 is 0 Å². The number of rotatable bonds is 14. The number of ether oxygens (including phenoxy) is 2. The van der Waals surface area contributed by atoms with Crippen molar-refractivity contribution in [2.45, 2.75) is 83.8 Å². The minimum atomic E-state index is -0.441. The van der Waals surface area contributed by atoms with Gasteiger partial charge in [-0.25, -0.2) is 4.79 Å². The third-order valence-electron chi connectivity index (χ3n) is 9.18. The van der Waals surface area contributed by atoms with Gasteiger partial charge in [0.05, 0.1) is 12.5 Å². The molecule has 5 rings (SSSR count). The van der Waals surface area contributed by atoms with E-state index in [2.05, 4.69) is 24.3 Å². The molecule has 1 fully saturated rings.